The SMILES string of the molecule is CCOCC.ClCCl.F[B-](F)(F)F.O=[N+]([O-])[O-].[Ag+2]. The number of hydrogen-bond acceptors (Lipinski definition) is 4. The quantitative estimate of drug-likeness (QED) is 0.227. The van der Waals surface area contributed by atoms with E-state index in [1.54, 1.807) is 0 Å². The minimum absolute atomic E-state index is 0. The number of rotatable bonds is 2. The van der Waals surface area contributed by atoms with Gasteiger partial charge in [0.2, 0.25) is 0 Å². The molecule has 0 saturated carbocycles. The maximum atomic E-state index is 9.75. The first-order chi connectivity index (χ1) is 7.56. The molecule has 0 saturated heterocycles. The Labute approximate surface area is 127 Å². The Morgan fingerprint density at radius 3 is 1.22 bits per heavy atom. The van der Waals surface area contributed by atoms with Crippen molar-refractivity contribution >= 4 is 30.5 Å². The largest absolute Gasteiger partial charge is 2.00 e. The predicted octanol–water partition coefficient (Wildman–Crippen LogP) is 3.52. The minimum Gasteiger partial charge on any atom is -0.418 e. The molecule has 0 aromatic rings. The average Bonchev–Trinajstić information content (AvgIpc) is 2.02. The van der Waals surface area contributed by atoms with Crippen LogP contribution in [0.1, 0.15) is 13.8 Å². The summed E-state index contributed by atoms with van der Waals surface area (Å²) in [5.41, 5.74) is 0. The Bertz CT molecular complexity index is 148. The standard InChI is InChI=1S/C4H10O.CH2Cl2.Ag.BF4.NO3/c1-3-5-4-2;2-1-3;;2-1(3,4)5;2-1(3)4/h3-4H2,1-2H3;1H2;;;/q;;+2;2*-1. The Morgan fingerprint density at radius 2 is 1.22 bits per heavy atom. The molecule has 0 amide bonds. The average molecular weight is 416 g/mol. The van der Waals surface area contributed by atoms with Gasteiger partial charge in [0.25, 0.3) is 0 Å². The molecule has 0 spiro atoms. The summed E-state index contributed by atoms with van der Waals surface area (Å²) in [5, 5.41) is 14.9. The number of alkyl halides is 2. The van der Waals surface area contributed by atoms with Crippen LogP contribution in [0.3, 0.4) is 0 Å². The van der Waals surface area contributed by atoms with Crippen LogP contribution in [-0.4, -0.2) is 30.9 Å². The van der Waals surface area contributed by atoms with E-state index in [0.717, 1.165) is 13.2 Å². The van der Waals surface area contributed by atoms with Crippen molar-refractivity contribution in [2.45, 2.75) is 13.8 Å². The van der Waals surface area contributed by atoms with Crippen LogP contribution in [0.25, 0.3) is 0 Å². The van der Waals surface area contributed by atoms with Crippen LogP contribution in [0.15, 0.2) is 0 Å². The van der Waals surface area contributed by atoms with Crippen LogP contribution in [0.2, 0.25) is 0 Å². The van der Waals surface area contributed by atoms with Crippen LogP contribution >= 0.6 is 23.2 Å². The van der Waals surface area contributed by atoms with E-state index in [1.807, 2.05) is 13.8 Å². The molecule has 0 aromatic heterocycles. The Morgan fingerprint density at radius 1 is 1.11 bits per heavy atom. The second-order valence-electron chi connectivity index (χ2n) is 1.60. The molecule has 0 fully saturated rings. The van der Waals surface area contributed by atoms with Crippen molar-refractivity contribution in [2.24, 2.45) is 0 Å². The van der Waals surface area contributed by atoms with Gasteiger partial charge in [-0.2, -0.15) is 0 Å². The van der Waals surface area contributed by atoms with Crippen LogP contribution in [0.5, 0.6) is 0 Å². The van der Waals surface area contributed by atoms with Crippen molar-refractivity contribution in [3.05, 3.63) is 15.3 Å². The molecule has 0 bridgehead atoms. The van der Waals surface area contributed by atoms with Crippen molar-refractivity contribution in [2.75, 3.05) is 18.6 Å². The Hall–Kier alpha value is 0.265. The van der Waals surface area contributed by atoms with Crippen molar-refractivity contribution in [1.82, 2.24) is 0 Å². The van der Waals surface area contributed by atoms with Gasteiger partial charge in [-0.15, -0.1) is 23.2 Å². The van der Waals surface area contributed by atoms with E-state index >= 15 is 0 Å². The van der Waals surface area contributed by atoms with E-state index in [2.05, 4.69) is 0 Å². The summed E-state index contributed by atoms with van der Waals surface area (Å²) in [6, 6.07) is 0. The van der Waals surface area contributed by atoms with Crippen LogP contribution in [-0.2, 0) is 27.1 Å². The molecule has 0 aliphatic rings. The minimum atomic E-state index is -6.00. The van der Waals surface area contributed by atoms with E-state index < -0.39 is 12.3 Å². The van der Waals surface area contributed by atoms with Crippen molar-refractivity contribution in [3.63, 3.8) is 0 Å². The first kappa shape index (κ1) is 30.9. The summed E-state index contributed by atoms with van der Waals surface area (Å²) >= 11 is 9.53. The van der Waals surface area contributed by atoms with Crippen LogP contribution < -0.4 is 0 Å². The molecule has 0 heterocycles. The van der Waals surface area contributed by atoms with Crippen molar-refractivity contribution in [1.29, 1.82) is 0 Å². The Balaban J connectivity index is -0.0000000417. The molecule has 0 atom stereocenters. The number of ether oxygens (including phenoxy) is 1. The maximum absolute atomic E-state index is 9.75. The monoisotopic (exact) mass is 414 g/mol. The third-order valence-electron chi connectivity index (χ3n) is 0.408. The fraction of sp³-hybridized carbons (Fsp3) is 1.00. The van der Waals surface area contributed by atoms with Gasteiger partial charge in [0.05, 0.1) is 10.4 Å². The molecule has 0 rings (SSSR count). The molecule has 0 aliphatic carbocycles. The molecule has 0 unspecified atom stereocenters. The van der Waals surface area contributed by atoms with Gasteiger partial charge >= 0.3 is 29.6 Å². The van der Waals surface area contributed by atoms with E-state index in [1.165, 1.54) is 0 Å². The molecule has 18 heavy (non-hydrogen) atoms. The van der Waals surface area contributed by atoms with Crippen molar-refractivity contribution in [3.8, 4) is 0 Å². The van der Waals surface area contributed by atoms with E-state index in [-0.39, 0.29) is 27.7 Å². The molecule has 13 heteroatoms. The van der Waals surface area contributed by atoms with Gasteiger partial charge in [-0.05, 0) is 13.8 Å². The summed E-state index contributed by atoms with van der Waals surface area (Å²) in [7, 11) is -6.00. The summed E-state index contributed by atoms with van der Waals surface area (Å²) < 4.78 is 43.8. The zero-order valence-corrected chi connectivity index (χ0v) is 12.3. The number of halogens is 6. The van der Waals surface area contributed by atoms with E-state index in [4.69, 9.17) is 43.3 Å². The molecular weight excluding hydrogens is 404 g/mol. The third kappa shape index (κ3) is 739. The molecule has 0 N–H and O–H groups in total. The van der Waals surface area contributed by atoms with Gasteiger partial charge in [-0.3, -0.25) is 0 Å². The Kier molecular flexibility index (Phi) is 44.6. The van der Waals surface area contributed by atoms with E-state index in [9.17, 15) is 17.3 Å². The zero-order chi connectivity index (χ0) is 14.9. The fourth-order valence-electron chi connectivity index (χ4n) is 0.204. The normalized spacial score (nSPS) is 8.00. The van der Waals surface area contributed by atoms with Gasteiger partial charge < -0.3 is 37.3 Å². The van der Waals surface area contributed by atoms with E-state index in [0.29, 0.717) is 0 Å². The first-order valence-electron chi connectivity index (χ1n) is 3.95. The summed E-state index contributed by atoms with van der Waals surface area (Å²) in [6.07, 6.45) is 0. The van der Waals surface area contributed by atoms with Crippen LogP contribution in [0.4, 0.5) is 17.3 Å². The van der Waals surface area contributed by atoms with Crippen molar-refractivity contribution < 1.29 is 49.5 Å². The number of nitrogens with zero attached hydrogens (tertiary/aromatic N) is 1. The molecule has 5 nitrogen and oxygen atoms in total. The first-order valence-corrected chi connectivity index (χ1v) is 5.02. The molecule has 0 aliphatic heterocycles. The second-order valence-corrected chi connectivity index (χ2v) is 2.41. The third-order valence-corrected chi connectivity index (χ3v) is 0.408. The molecule has 1 radical (unpaired) electrons. The van der Waals surface area contributed by atoms with Gasteiger partial charge in [0, 0.05) is 13.2 Å². The summed E-state index contributed by atoms with van der Waals surface area (Å²) in [5.74, 6) is 0. The molecular formula is C5H12AgBCl2F4NO4. The van der Waals surface area contributed by atoms with Crippen LogP contribution in [0, 0.1) is 15.3 Å². The van der Waals surface area contributed by atoms with Gasteiger partial charge in [0.15, 0.2) is 0 Å². The molecule has 117 valence electrons. The van der Waals surface area contributed by atoms with Gasteiger partial charge in [-0.25, -0.2) is 0 Å². The zero-order valence-electron chi connectivity index (χ0n) is 9.35. The predicted molar refractivity (Wildman–Crippen MR) is 59.3 cm³/mol. The summed E-state index contributed by atoms with van der Waals surface area (Å²) in [4.78, 5) is 8.25. The second kappa shape index (κ2) is 26.0. The fourth-order valence-corrected chi connectivity index (χ4v) is 0.204. The number of hydrogen-bond donors (Lipinski definition) is 0. The smallest absolute Gasteiger partial charge is 0.418 e. The van der Waals surface area contributed by atoms with Gasteiger partial charge in [-0.1, -0.05) is 0 Å². The van der Waals surface area contributed by atoms with Gasteiger partial charge in [0.1, 0.15) is 0 Å². The molecule has 0 aromatic carbocycles. The topological polar surface area (TPSA) is 75.4 Å². The summed E-state index contributed by atoms with van der Waals surface area (Å²) in [6.45, 7) is 5.67. The maximum Gasteiger partial charge on any atom is 2.00 e.